The number of anilines is 1. The first-order chi connectivity index (χ1) is 11.3. The number of fused-ring (bicyclic) bond motifs is 1. The largest absolute Gasteiger partial charge is 0.457 e. The van der Waals surface area contributed by atoms with Gasteiger partial charge in [-0.2, -0.15) is 0 Å². The summed E-state index contributed by atoms with van der Waals surface area (Å²) in [5.41, 5.74) is 1.92. The van der Waals surface area contributed by atoms with Crippen LogP contribution in [0.15, 0.2) is 18.2 Å². The van der Waals surface area contributed by atoms with Crippen LogP contribution >= 0.6 is 0 Å². The Morgan fingerprint density at radius 2 is 2.04 bits per heavy atom. The summed E-state index contributed by atoms with van der Waals surface area (Å²) < 4.78 is 30.6. The molecule has 0 aromatic heterocycles. The zero-order valence-corrected chi connectivity index (χ0v) is 14.6. The van der Waals surface area contributed by atoms with Crippen LogP contribution in [0.2, 0.25) is 0 Å². The molecule has 1 fully saturated rings. The molecular formula is C17H21NO5S. The predicted molar refractivity (Wildman–Crippen MR) is 89.5 cm³/mol. The van der Waals surface area contributed by atoms with E-state index in [1.165, 1.54) is 4.31 Å². The van der Waals surface area contributed by atoms with Crippen LogP contribution in [0.25, 0.3) is 0 Å². The van der Waals surface area contributed by atoms with E-state index in [0.717, 1.165) is 12.0 Å². The molecule has 0 N–H and O–H groups in total. The number of ketones is 1. The van der Waals surface area contributed by atoms with Gasteiger partial charge >= 0.3 is 5.97 Å². The van der Waals surface area contributed by atoms with Gasteiger partial charge in [0.25, 0.3) is 0 Å². The van der Waals surface area contributed by atoms with Gasteiger partial charge in [-0.1, -0.05) is 6.92 Å². The Morgan fingerprint density at radius 3 is 2.67 bits per heavy atom. The van der Waals surface area contributed by atoms with Crippen LogP contribution in [-0.4, -0.2) is 39.1 Å². The molecule has 1 aromatic rings. The molecule has 0 saturated heterocycles. The highest BCUT2D eigenvalue weighted by Crippen LogP contribution is 2.38. The second-order valence-corrected chi connectivity index (χ2v) is 8.60. The highest BCUT2D eigenvalue weighted by molar-refractivity contribution is 7.92. The summed E-state index contributed by atoms with van der Waals surface area (Å²) in [6, 6.07) is 4.96. The van der Waals surface area contributed by atoms with Crippen molar-refractivity contribution in [2.75, 3.05) is 23.2 Å². The summed E-state index contributed by atoms with van der Waals surface area (Å²) in [6.07, 6.45) is 1.41. The molecule has 2 atom stereocenters. The van der Waals surface area contributed by atoms with Crippen molar-refractivity contribution >= 4 is 27.5 Å². The van der Waals surface area contributed by atoms with Crippen molar-refractivity contribution in [3.05, 3.63) is 29.3 Å². The van der Waals surface area contributed by atoms with E-state index >= 15 is 0 Å². The van der Waals surface area contributed by atoms with E-state index in [1.807, 2.05) is 6.92 Å². The fourth-order valence-corrected chi connectivity index (χ4v) is 4.13. The third-order valence-electron chi connectivity index (χ3n) is 4.71. The van der Waals surface area contributed by atoms with Crippen molar-refractivity contribution in [3.63, 3.8) is 0 Å². The lowest BCUT2D eigenvalue weighted by molar-refractivity contribution is -0.144. The van der Waals surface area contributed by atoms with Gasteiger partial charge in [0.2, 0.25) is 10.0 Å². The average molecular weight is 351 g/mol. The zero-order valence-electron chi connectivity index (χ0n) is 13.8. The van der Waals surface area contributed by atoms with Crippen molar-refractivity contribution in [2.45, 2.75) is 26.7 Å². The van der Waals surface area contributed by atoms with Crippen molar-refractivity contribution in [1.82, 2.24) is 0 Å². The summed E-state index contributed by atoms with van der Waals surface area (Å²) in [5, 5.41) is 0. The molecule has 0 spiro atoms. The minimum atomic E-state index is -3.29. The molecule has 1 aliphatic heterocycles. The quantitative estimate of drug-likeness (QED) is 0.576. The highest BCUT2D eigenvalue weighted by atomic mass is 32.2. The molecule has 0 bridgehead atoms. The molecule has 2 aliphatic rings. The number of hydrogen-bond donors (Lipinski definition) is 0. The number of Topliss-reactive ketones (excluding diaryl/α,β-unsaturated/α-hetero) is 1. The van der Waals surface area contributed by atoms with Crippen LogP contribution in [0.5, 0.6) is 0 Å². The fourth-order valence-electron chi connectivity index (χ4n) is 2.97. The number of ether oxygens (including phenoxy) is 1. The fraction of sp³-hybridized carbons (Fsp3) is 0.529. The Labute approximate surface area is 141 Å². The minimum Gasteiger partial charge on any atom is -0.457 e. The summed E-state index contributed by atoms with van der Waals surface area (Å²) in [6.45, 7) is 3.72. The van der Waals surface area contributed by atoms with Gasteiger partial charge in [-0.15, -0.1) is 0 Å². The van der Waals surface area contributed by atoms with E-state index in [4.69, 9.17) is 4.74 Å². The van der Waals surface area contributed by atoms with E-state index in [1.54, 1.807) is 25.1 Å². The van der Waals surface area contributed by atoms with E-state index in [-0.39, 0.29) is 30.0 Å². The number of benzene rings is 1. The SMILES string of the molecule is CCS(=O)(=O)N1CCc2cc(C(=O)COC(=O)[C@@H]3C[C@@H]3C)ccc21. The Morgan fingerprint density at radius 1 is 1.33 bits per heavy atom. The van der Waals surface area contributed by atoms with E-state index in [9.17, 15) is 18.0 Å². The molecule has 1 saturated carbocycles. The first-order valence-corrected chi connectivity index (χ1v) is 9.77. The van der Waals surface area contributed by atoms with Crippen molar-refractivity contribution < 1.29 is 22.7 Å². The third-order valence-corrected chi connectivity index (χ3v) is 6.49. The number of nitrogens with zero attached hydrogens (tertiary/aromatic N) is 1. The standard InChI is InChI=1S/C17H21NO5S/c1-3-24(21,22)18-7-6-12-9-13(4-5-15(12)18)16(19)10-23-17(20)14-8-11(14)2/h4-5,9,11,14H,3,6-8,10H2,1-2H3/t11-,14+/m0/s1. The molecule has 3 rings (SSSR count). The Balaban J connectivity index is 1.68. The zero-order chi connectivity index (χ0) is 17.5. The summed E-state index contributed by atoms with van der Waals surface area (Å²) in [7, 11) is -3.29. The lowest BCUT2D eigenvalue weighted by Crippen LogP contribution is -2.30. The topological polar surface area (TPSA) is 80.8 Å². The molecule has 0 radical (unpaired) electrons. The highest BCUT2D eigenvalue weighted by Gasteiger charge is 2.40. The van der Waals surface area contributed by atoms with Gasteiger partial charge in [-0.05, 0) is 49.4 Å². The monoisotopic (exact) mass is 351 g/mol. The van der Waals surface area contributed by atoms with Crippen LogP contribution in [0.1, 0.15) is 36.2 Å². The summed E-state index contributed by atoms with van der Waals surface area (Å²) in [5.74, 6) is -0.249. The average Bonchev–Trinajstić information content (AvgIpc) is 3.14. The molecule has 7 heteroatoms. The van der Waals surface area contributed by atoms with E-state index in [0.29, 0.717) is 30.1 Å². The van der Waals surface area contributed by atoms with Crippen LogP contribution < -0.4 is 4.31 Å². The van der Waals surface area contributed by atoms with Gasteiger partial charge in [0.1, 0.15) is 0 Å². The van der Waals surface area contributed by atoms with Gasteiger partial charge in [-0.3, -0.25) is 13.9 Å². The predicted octanol–water partition coefficient (Wildman–Crippen LogP) is 1.78. The number of esters is 1. The molecular weight excluding hydrogens is 330 g/mol. The maximum Gasteiger partial charge on any atom is 0.309 e. The van der Waals surface area contributed by atoms with Gasteiger partial charge in [0.05, 0.1) is 17.4 Å². The van der Waals surface area contributed by atoms with Crippen LogP contribution in [-0.2, 0) is 26.0 Å². The normalized spacial score (nSPS) is 22.2. The van der Waals surface area contributed by atoms with Crippen molar-refractivity contribution in [1.29, 1.82) is 0 Å². The van der Waals surface area contributed by atoms with Crippen molar-refractivity contribution in [3.8, 4) is 0 Å². The molecule has 1 heterocycles. The first kappa shape index (κ1) is 17.0. The molecule has 130 valence electrons. The molecule has 0 amide bonds. The second-order valence-electron chi connectivity index (χ2n) is 6.42. The number of carbonyl (C=O) groups excluding carboxylic acids is 2. The smallest absolute Gasteiger partial charge is 0.309 e. The molecule has 0 unspecified atom stereocenters. The molecule has 1 aromatic carbocycles. The van der Waals surface area contributed by atoms with Crippen LogP contribution in [0, 0.1) is 11.8 Å². The van der Waals surface area contributed by atoms with Gasteiger partial charge < -0.3 is 4.74 Å². The summed E-state index contributed by atoms with van der Waals surface area (Å²) in [4.78, 5) is 23.9. The lowest BCUT2D eigenvalue weighted by atomic mass is 10.1. The Hall–Kier alpha value is -1.89. The first-order valence-electron chi connectivity index (χ1n) is 8.16. The van der Waals surface area contributed by atoms with E-state index < -0.39 is 10.0 Å². The maximum absolute atomic E-state index is 12.2. The van der Waals surface area contributed by atoms with Gasteiger partial charge in [0.15, 0.2) is 12.4 Å². The molecule has 1 aliphatic carbocycles. The number of hydrogen-bond acceptors (Lipinski definition) is 5. The van der Waals surface area contributed by atoms with Gasteiger partial charge in [0, 0.05) is 12.1 Å². The van der Waals surface area contributed by atoms with Crippen LogP contribution in [0.3, 0.4) is 0 Å². The Kier molecular flexibility index (Phi) is 4.38. The molecule has 6 nitrogen and oxygen atoms in total. The summed E-state index contributed by atoms with van der Waals surface area (Å²) >= 11 is 0. The van der Waals surface area contributed by atoms with E-state index in [2.05, 4.69) is 0 Å². The Bertz CT molecular complexity index is 786. The van der Waals surface area contributed by atoms with Crippen molar-refractivity contribution in [2.24, 2.45) is 11.8 Å². The minimum absolute atomic E-state index is 0.0443. The number of rotatable bonds is 6. The second kappa shape index (κ2) is 6.20. The van der Waals surface area contributed by atoms with Gasteiger partial charge in [-0.25, -0.2) is 8.42 Å². The van der Waals surface area contributed by atoms with Crippen LogP contribution in [0.4, 0.5) is 5.69 Å². The number of carbonyl (C=O) groups is 2. The lowest BCUT2D eigenvalue weighted by Gasteiger charge is -2.18. The third kappa shape index (κ3) is 3.17. The number of sulfonamides is 1. The molecule has 24 heavy (non-hydrogen) atoms. The maximum atomic E-state index is 12.2.